The van der Waals surface area contributed by atoms with Gasteiger partial charge in [-0.1, -0.05) is 0 Å². The number of methoxy groups -OCH3 is 2. The summed E-state index contributed by atoms with van der Waals surface area (Å²) in [5.74, 6) is 1.74. The van der Waals surface area contributed by atoms with Gasteiger partial charge in [0.2, 0.25) is 5.95 Å². The number of urea groups is 1. The van der Waals surface area contributed by atoms with E-state index in [9.17, 15) is 4.79 Å². The van der Waals surface area contributed by atoms with Crippen LogP contribution in [0.25, 0.3) is 0 Å². The standard InChI is InChI=1S/C17H21N5O4/c1-24-14-4-3-12(9-15(14)25-2)20-17(23)21-13-10-18-16(19-11-13)22-5-7-26-8-6-22/h3-4,9-11H,5-8H2,1-2H3,(H2,20,21,23). The number of morpholine rings is 1. The SMILES string of the molecule is COc1ccc(NC(=O)Nc2cnc(N3CCOCC3)nc2)cc1OC. The minimum Gasteiger partial charge on any atom is -0.493 e. The normalized spacial score (nSPS) is 13.8. The molecule has 26 heavy (non-hydrogen) atoms. The maximum Gasteiger partial charge on any atom is 0.323 e. The number of amides is 2. The van der Waals surface area contributed by atoms with Crippen molar-refractivity contribution < 1.29 is 19.0 Å². The van der Waals surface area contributed by atoms with Gasteiger partial charge in [0.25, 0.3) is 0 Å². The Hall–Kier alpha value is -3.07. The van der Waals surface area contributed by atoms with Crippen LogP contribution < -0.4 is 25.0 Å². The van der Waals surface area contributed by atoms with E-state index >= 15 is 0 Å². The number of benzene rings is 1. The summed E-state index contributed by atoms with van der Waals surface area (Å²) in [6.07, 6.45) is 3.15. The first-order chi connectivity index (χ1) is 12.7. The van der Waals surface area contributed by atoms with Crippen LogP contribution >= 0.6 is 0 Å². The molecule has 0 atom stereocenters. The predicted octanol–water partition coefficient (Wildman–Crippen LogP) is 1.97. The molecule has 2 heterocycles. The summed E-state index contributed by atoms with van der Waals surface area (Å²) in [5, 5.41) is 5.42. The lowest BCUT2D eigenvalue weighted by molar-refractivity contribution is 0.122. The predicted molar refractivity (Wildman–Crippen MR) is 97.3 cm³/mol. The average molecular weight is 359 g/mol. The monoisotopic (exact) mass is 359 g/mol. The van der Waals surface area contributed by atoms with E-state index in [1.54, 1.807) is 37.7 Å². The van der Waals surface area contributed by atoms with Gasteiger partial charge in [-0.3, -0.25) is 0 Å². The molecule has 0 bridgehead atoms. The Morgan fingerprint density at radius 2 is 1.69 bits per heavy atom. The van der Waals surface area contributed by atoms with Crippen LogP contribution in [0.3, 0.4) is 0 Å². The molecule has 9 nitrogen and oxygen atoms in total. The topological polar surface area (TPSA) is 97.8 Å². The van der Waals surface area contributed by atoms with Crippen LogP contribution in [-0.4, -0.2) is 56.5 Å². The van der Waals surface area contributed by atoms with Gasteiger partial charge in [0, 0.05) is 24.8 Å². The maximum atomic E-state index is 12.1. The van der Waals surface area contributed by atoms with Crippen LogP contribution in [0.5, 0.6) is 11.5 Å². The van der Waals surface area contributed by atoms with Crippen molar-refractivity contribution in [2.24, 2.45) is 0 Å². The zero-order valence-electron chi connectivity index (χ0n) is 14.7. The van der Waals surface area contributed by atoms with Gasteiger partial charge in [-0.05, 0) is 12.1 Å². The maximum absolute atomic E-state index is 12.1. The highest BCUT2D eigenvalue weighted by Gasteiger charge is 2.14. The Morgan fingerprint density at radius 1 is 1.04 bits per heavy atom. The zero-order chi connectivity index (χ0) is 18.4. The number of nitrogens with zero attached hydrogens (tertiary/aromatic N) is 3. The number of carbonyl (C=O) groups excluding carboxylic acids is 1. The highest BCUT2D eigenvalue weighted by atomic mass is 16.5. The van der Waals surface area contributed by atoms with E-state index in [-0.39, 0.29) is 0 Å². The Balaban J connectivity index is 1.59. The van der Waals surface area contributed by atoms with Crippen LogP contribution in [0.4, 0.5) is 22.1 Å². The summed E-state index contributed by atoms with van der Waals surface area (Å²) in [6.45, 7) is 2.84. The number of nitrogens with one attached hydrogen (secondary N) is 2. The van der Waals surface area contributed by atoms with Gasteiger partial charge in [0.15, 0.2) is 11.5 Å². The van der Waals surface area contributed by atoms with Crippen molar-refractivity contribution in [3.63, 3.8) is 0 Å². The van der Waals surface area contributed by atoms with E-state index in [1.807, 2.05) is 4.90 Å². The smallest absolute Gasteiger partial charge is 0.323 e. The molecule has 0 spiro atoms. The van der Waals surface area contributed by atoms with Crippen LogP contribution in [0, 0.1) is 0 Å². The molecule has 138 valence electrons. The Morgan fingerprint density at radius 3 is 2.35 bits per heavy atom. The number of hydrogen-bond donors (Lipinski definition) is 2. The van der Waals surface area contributed by atoms with E-state index in [4.69, 9.17) is 14.2 Å². The molecular weight excluding hydrogens is 338 g/mol. The fourth-order valence-corrected chi connectivity index (χ4v) is 2.52. The molecule has 1 aliphatic rings. The molecule has 1 saturated heterocycles. The average Bonchev–Trinajstić information content (AvgIpc) is 2.69. The molecule has 2 amide bonds. The Bertz CT molecular complexity index is 747. The van der Waals surface area contributed by atoms with Crippen LogP contribution in [0.1, 0.15) is 0 Å². The third-order valence-electron chi connectivity index (χ3n) is 3.83. The second-order valence-corrected chi connectivity index (χ2v) is 5.52. The van der Waals surface area contributed by atoms with Gasteiger partial charge in [-0.15, -0.1) is 0 Å². The molecule has 1 fully saturated rings. The summed E-state index contributed by atoms with van der Waals surface area (Å²) < 4.78 is 15.7. The Labute approximate surface area is 151 Å². The lowest BCUT2D eigenvalue weighted by Gasteiger charge is -2.26. The minimum absolute atomic E-state index is 0.403. The number of carbonyl (C=O) groups is 1. The quantitative estimate of drug-likeness (QED) is 0.842. The van der Waals surface area contributed by atoms with E-state index in [2.05, 4.69) is 20.6 Å². The second-order valence-electron chi connectivity index (χ2n) is 5.52. The molecule has 0 saturated carbocycles. The third kappa shape index (κ3) is 4.31. The van der Waals surface area contributed by atoms with Gasteiger partial charge in [-0.25, -0.2) is 14.8 Å². The van der Waals surface area contributed by atoms with E-state index in [1.165, 1.54) is 7.11 Å². The van der Waals surface area contributed by atoms with Gasteiger partial charge in [-0.2, -0.15) is 0 Å². The highest BCUT2D eigenvalue weighted by molar-refractivity contribution is 5.99. The molecule has 1 aromatic heterocycles. The molecule has 3 rings (SSSR count). The first-order valence-electron chi connectivity index (χ1n) is 8.14. The molecule has 2 N–H and O–H groups in total. The van der Waals surface area contributed by atoms with Crippen molar-refractivity contribution >= 4 is 23.4 Å². The fourth-order valence-electron chi connectivity index (χ4n) is 2.52. The number of aromatic nitrogens is 2. The number of hydrogen-bond acceptors (Lipinski definition) is 7. The summed E-state index contributed by atoms with van der Waals surface area (Å²) in [5.41, 5.74) is 1.07. The number of rotatable bonds is 5. The minimum atomic E-state index is -0.403. The highest BCUT2D eigenvalue weighted by Crippen LogP contribution is 2.29. The lowest BCUT2D eigenvalue weighted by Crippen LogP contribution is -2.37. The van der Waals surface area contributed by atoms with Crippen LogP contribution in [0.15, 0.2) is 30.6 Å². The van der Waals surface area contributed by atoms with Crippen molar-refractivity contribution in [2.45, 2.75) is 0 Å². The molecule has 2 aromatic rings. The van der Waals surface area contributed by atoms with Crippen LogP contribution in [-0.2, 0) is 4.74 Å². The van der Waals surface area contributed by atoms with Crippen molar-refractivity contribution in [2.75, 3.05) is 56.1 Å². The summed E-state index contributed by atoms with van der Waals surface area (Å²) in [7, 11) is 3.09. The molecule has 0 radical (unpaired) electrons. The first-order valence-corrected chi connectivity index (χ1v) is 8.14. The fraction of sp³-hybridized carbons (Fsp3) is 0.353. The van der Waals surface area contributed by atoms with Crippen molar-refractivity contribution in [3.8, 4) is 11.5 Å². The van der Waals surface area contributed by atoms with Gasteiger partial charge < -0.3 is 29.7 Å². The lowest BCUT2D eigenvalue weighted by atomic mass is 10.3. The number of ether oxygens (including phenoxy) is 3. The van der Waals surface area contributed by atoms with Crippen molar-refractivity contribution in [1.82, 2.24) is 9.97 Å². The van der Waals surface area contributed by atoms with Gasteiger partial charge in [0.05, 0.1) is 45.5 Å². The van der Waals surface area contributed by atoms with E-state index in [0.29, 0.717) is 42.0 Å². The molecule has 1 aliphatic heterocycles. The molecule has 1 aromatic carbocycles. The molecule has 0 aliphatic carbocycles. The molecule has 0 unspecified atom stereocenters. The van der Waals surface area contributed by atoms with Crippen LogP contribution in [0.2, 0.25) is 0 Å². The van der Waals surface area contributed by atoms with E-state index in [0.717, 1.165) is 13.1 Å². The molecule has 9 heteroatoms. The third-order valence-corrected chi connectivity index (χ3v) is 3.83. The summed E-state index contributed by atoms with van der Waals surface area (Å²) in [4.78, 5) is 22.8. The first kappa shape index (κ1) is 17.7. The van der Waals surface area contributed by atoms with Gasteiger partial charge in [0.1, 0.15) is 0 Å². The van der Waals surface area contributed by atoms with Crippen molar-refractivity contribution in [3.05, 3.63) is 30.6 Å². The van der Waals surface area contributed by atoms with Crippen molar-refractivity contribution in [1.29, 1.82) is 0 Å². The van der Waals surface area contributed by atoms with E-state index < -0.39 is 6.03 Å². The summed E-state index contributed by atoms with van der Waals surface area (Å²) in [6, 6.07) is 4.71. The zero-order valence-corrected chi connectivity index (χ0v) is 14.7. The van der Waals surface area contributed by atoms with Gasteiger partial charge >= 0.3 is 6.03 Å². The molecular formula is C17H21N5O4. The largest absolute Gasteiger partial charge is 0.493 e. The summed E-state index contributed by atoms with van der Waals surface area (Å²) >= 11 is 0. The second kappa shape index (κ2) is 8.34. The Kier molecular flexibility index (Phi) is 5.69. The number of anilines is 3.